The van der Waals surface area contributed by atoms with Crippen molar-refractivity contribution in [2.24, 2.45) is 0 Å². The summed E-state index contributed by atoms with van der Waals surface area (Å²) in [6, 6.07) is 8.38. The molecule has 0 amide bonds. The molecule has 104 valence electrons. The molecule has 3 aromatic rings. The zero-order valence-corrected chi connectivity index (χ0v) is 11.9. The lowest BCUT2D eigenvalue weighted by atomic mass is 10.2. The minimum atomic E-state index is 0.754. The maximum atomic E-state index is 4.71. The van der Waals surface area contributed by atoms with Crippen LogP contribution in [0.25, 0.3) is 10.9 Å². The van der Waals surface area contributed by atoms with Crippen LogP contribution in [0.2, 0.25) is 0 Å². The molecule has 0 saturated heterocycles. The van der Waals surface area contributed by atoms with E-state index in [2.05, 4.69) is 56.9 Å². The third-order valence-electron chi connectivity index (χ3n) is 3.41. The van der Waals surface area contributed by atoms with Crippen LogP contribution in [0.4, 0.5) is 0 Å². The topological polar surface area (TPSA) is 47.7 Å². The van der Waals surface area contributed by atoms with Gasteiger partial charge >= 0.3 is 0 Å². The summed E-state index contributed by atoms with van der Waals surface area (Å²) in [4.78, 5) is 4.37. The molecule has 0 aliphatic heterocycles. The van der Waals surface area contributed by atoms with Crippen LogP contribution in [0.3, 0.4) is 0 Å². The highest BCUT2D eigenvalue weighted by Gasteiger charge is 2.09. The van der Waals surface area contributed by atoms with Crippen molar-refractivity contribution in [3.63, 3.8) is 0 Å². The first kappa shape index (κ1) is 12.9. The number of aryl methyl sites for hydroxylation is 1. The fourth-order valence-electron chi connectivity index (χ4n) is 2.49. The second-order valence-corrected chi connectivity index (χ2v) is 4.85. The average Bonchev–Trinajstić information content (AvgIpc) is 3.05. The van der Waals surface area contributed by atoms with Crippen LogP contribution in [0.5, 0.6) is 0 Å². The molecule has 2 heterocycles. The molecule has 5 heteroatoms. The van der Waals surface area contributed by atoms with Crippen molar-refractivity contribution in [3.8, 4) is 0 Å². The number of imidazole rings is 1. The lowest BCUT2D eigenvalue weighted by Crippen LogP contribution is -2.05. The van der Waals surface area contributed by atoms with Gasteiger partial charge in [-0.05, 0) is 20.0 Å². The quantitative estimate of drug-likeness (QED) is 0.771. The smallest absolute Gasteiger partial charge is 0.0953 e. The predicted molar refractivity (Wildman–Crippen MR) is 79.5 cm³/mol. The van der Waals surface area contributed by atoms with E-state index < -0.39 is 0 Å². The van der Waals surface area contributed by atoms with E-state index in [1.165, 1.54) is 10.9 Å². The number of benzene rings is 1. The zero-order chi connectivity index (χ0) is 13.9. The van der Waals surface area contributed by atoms with Gasteiger partial charge in [-0.25, -0.2) is 4.98 Å². The van der Waals surface area contributed by atoms with Crippen molar-refractivity contribution < 1.29 is 0 Å². The fraction of sp³-hybridized carbons (Fsp3) is 0.333. The van der Waals surface area contributed by atoms with Crippen LogP contribution in [-0.2, 0) is 19.6 Å². The summed E-state index contributed by atoms with van der Waals surface area (Å²) in [7, 11) is 1.93. The maximum absolute atomic E-state index is 4.71. The van der Waals surface area contributed by atoms with Crippen LogP contribution in [0, 0.1) is 0 Å². The largest absolute Gasteiger partial charge is 0.331 e. The van der Waals surface area contributed by atoms with Crippen molar-refractivity contribution in [2.75, 3.05) is 7.05 Å². The molecule has 1 N–H and O–H groups in total. The molecule has 0 spiro atoms. The molecule has 1 aromatic carbocycles. The molecule has 0 aliphatic carbocycles. The number of rotatable bonds is 5. The summed E-state index contributed by atoms with van der Waals surface area (Å²) < 4.78 is 4.14. The van der Waals surface area contributed by atoms with Crippen molar-refractivity contribution in [1.29, 1.82) is 0 Å². The first-order valence-corrected chi connectivity index (χ1v) is 6.91. The molecule has 0 saturated carbocycles. The number of para-hydroxylation sites is 1. The monoisotopic (exact) mass is 269 g/mol. The van der Waals surface area contributed by atoms with Gasteiger partial charge in [0.2, 0.25) is 0 Å². The third-order valence-corrected chi connectivity index (χ3v) is 3.41. The Morgan fingerprint density at radius 3 is 2.90 bits per heavy atom. The Balaban J connectivity index is 1.93. The molecule has 0 atom stereocenters. The molecular weight excluding hydrogens is 250 g/mol. The van der Waals surface area contributed by atoms with Gasteiger partial charge in [0.25, 0.3) is 0 Å². The van der Waals surface area contributed by atoms with Gasteiger partial charge in [-0.15, -0.1) is 0 Å². The number of nitrogens with one attached hydrogen (secondary N) is 1. The molecule has 0 radical (unpaired) electrons. The molecule has 20 heavy (non-hydrogen) atoms. The van der Waals surface area contributed by atoms with Gasteiger partial charge in [0.05, 0.1) is 29.8 Å². The van der Waals surface area contributed by atoms with E-state index in [0.29, 0.717) is 0 Å². The highest BCUT2D eigenvalue weighted by Crippen LogP contribution is 2.19. The molecule has 0 fully saturated rings. The van der Waals surface area contributed by atoms with Crippen molar-refractivity contribution in [3.05, 3.63) is 48.2 Å². The van der Waals surface area contributed by atoms with E-state index >= 15 is 0 Å². The van der Waals surface area contributed by atoms with Gasteiger partial charge in [-0.3, -0.25) is 4.68 Å². The van der Waals surface area contributed by atoms with Gasteiger partial charge < -0.3 is 9.88 Å². The summed E-state index contributed by atoms with van der Waals surface area (Å²) in [6.07, 6.45) is 3.93. The Bertz CT molecular complexity index is 710. The number of fused-ring (bicyclic) bond motifs is 1. The highest BCUT2D eigenvalue weighted by molar-refractivity contribution is 5.81. The van der Waals surface area contributed by atoms with Gasteiger partial charge in [-0.1, -0.05) is 18.2 Å². The molecule has 3 rings (SSSR count). The van der Waals surface area contributed by atoms with E-state index in [1.54, 1.807) is 0 Å². The molecule has 5 nitrogen and oxygen atoms in total. The standard InChI is InChI=1S/C15H19N5/c1-3-20-15-7-5-4-6-13(15)14(18-20)10-19-9-12(8-16-2)17-11-19/h4-7,9,11,16H,3,8,10H2,1-2H3. The van der Waals surface area contributed by atoms with E-state index in [9.17, 15) is 0 Å². The Morgan fingerprint density at radius 1 is 1.25 bits per heavy atom. The maximum Gasteiger partial charge on any atom is 0.0953 e. The SMILES string of the molecule is CCn1nc(Cn2cnc(CNC)c2)c2ccccc21. The number of hydrogen-bond donors (Lipinski definition) is 1. The van der Waals surface area contributed by atoms with Crippen LogP contribution < -0.4 is 5.32 Å². The van der Waals surface area contributed by atoms with E-state index in [4.69, 9.17) is 5.10 Å². The minimum absolute atomic E-state index is 0.754. The molecule has 2 aromatic heterocycles. The molecule has 0 bridgehead atoms. The minimum Gasteiger partial charge on any atom is -0.331 e. The molecular formula is C15H19N5. The van der Waals surface area contributed by atoms with Gasteiger partial charge in [0.1, 0.15) is 0 Å². The van der Waals surface area contributed by atoms with Gasteiger partial charge in [0.15, 0.2) is 0 Å². The summed E-state index contributed by atoms with van der Waals surface area (Å²) in [6.45, 7) is 4.54. The van der Waals surface area contributed by atoms with Crippen LogP contribution in [0.1, 0.15) is 18.3 Å². The van der Waals surface area contributed by atoms with E-state index in [0.717, 1.165) is 31.0 Å². The normalized spacial score (nSPS) is 11.3. The molecule has 0 unspecified atom stereocenters. The van der Waals surface area contributed by atoms with E-state index in [-0.39, 0.29) is 0 Å². The third kappa shape index (κ3) is 2.32. The lowest BCUT2D eigenvalue weighted by Gasteiger charge is -1.99. The Labute approximate surface area is 118 Å². The summed E-state index contributed by atoms with van der Waals surface area (Å²) in [5.74, 6) is 0. The van der Waals surface area contributed by atoms with E-state index in [1.807, 2.05) is 13.4 Å². The fourth-order valence-corrected chi connectivity index (χ4v) is 2.49. The number of nitrogens with zero attached hydrogens (tertiary/aromatic N) is 4. The first-order valence-electron chi connectivity index (χ1n) is 6.91. The number of aromatic nitrogens is 4. The molecule has 0 aliphatic rings. The number of hydrogen-bond acceptors (Lipinski definition) is 3. The summed E-state index contributed by atoms with van der Waals surface area (Å²) in [5.41, 5.74) is 3.34. The average molecular weight is 269 g/mol. The summed E-state index contributed by atoms with van der Waals surface area (Å²) in [5, 5.41) is 9.04. The Kier molecular flexibility index (Phi) is 3.52. The predicted octanol–water partition coefficient (Wildman–Crippen LogP) is 2.02. The zero-order valence-electron chi connectivity index (χ0n) is 11.9. The van der Waals surface area contributed by atoms with Crippen molar-refractivity contribution in [2.45, 2.75) is 26.6 Å². The van der Waals surface area contributed by atoms with Crippen LogP contribution in [0.15, 0.2) is 36.8 Å². The summed E-state index contributed by atoms with van der Waals surface area (Å²) >= 11 is 0. The highest BCUT2D eigenvalue weighted by atomic mass is 15.3. The Hall–Kier alpha value is -2.14. The first-order chi connectivity index (χ1) is 9.81. The second kappa shape index (κ2) is 5.46. The van der Waals surface area contributed by atoms with Crippen molar-refractivity contribution in [1.82, 2.24) is 24.6 Å². The van der Waals surface area contributed by atoms with Crippen LogP contribution in [-0.4, -0.2) is 26.4 Å². The Morgan fingerprint density at radius 2 is 2.10 bits per heavy atom. The van der Waals surface area contributed by atoms with Gasteiger partial charge in [-0.2, -0.15) is 5.10 Å². The second-order valence-electron chi connectivity index (χ2n) is 4.85. The lowest BCUT2D eigenvalue weighted by molar-refractivity contribution is 0.653. The van der Waals surface area contributed by atoms with Gasteiger partial charge in [0, 0.05) is 24.7 Å². The van der Waals surface area contributed by atoms with Crippen molar-refractivity contribution >= 4 is 10.9 Å². The van der Waals surface area contributed by atoms with Crippen LogP contribution >= 0.6 is 0 Å².